The van der Waals surface area contributed by atoms with Gasteiger partial charge in [-0.3, -0.25) is 0 Å². The standard InChI is InChI=1S/C13H18F2O3/c1-11(14,15)10(16)18-7-12-2-8-4-13(17,6-12)5-9(8)3-12/h8-9,17H,2-7H2,1H3. The van der Waals surface area contributed by atoms with E-state index in [0.717, 1.165) is 25.7 Å². The third-order valence-corrected chi connectivity index (χ3v) is 4.91. The molecular weight excluding hydrogens is 242 g/mol. The van der Waals surface area contributed by atoms with Gasteiger partial charge in [0.25, 0.3) is 0 Å². The zero-order chi connectivity index (χ0) is 13.2. The Bertz CT molecular complexity index is 374. The van der Waals surface area contributed by atoms with Gasteiger partial charge in [0.1, 0.15) is 0 Å². The average molecular weight is 260 g/mol. The van der Waals surface area contributed by atoms with E-state index in [1.165, 1.54) is 0 Å². The molecule has 1 N–H and O–H groups in total. The number of aliphatic hydroxyl groups is 1. The van der Waals surface area contributed by atoms with E-state index in [1.807, 2.05) is 0 Å². The molecular formula is C13H18F2O3. The van der Waals surface area contributed by atoms with Gasteiger partial charge in [-0.15, -0.1) is 0 Å². The van der Waals surface area contributed by atoms with Crippen LogP contribution in [0.1, 0.15) is 39.0 Å². The molecule has 0 saturated heterocycles. The molecule has 2 atom stereocenters. The zero-order valence-electron chi connectivity index (χ0n) is 10.4. The smallest absolute Gasteiger partial charge is 0.376 e. The third-order valence-electron chi connectivity index (χ3n) is 4.91. The molecule has 3 nitrogen and oxygen atoms in total. The van der Waals surface area contributed by atoms with Gasteiger partial charge in [0.05, 0.1) is 12.2 Å². The summed E-state index contributed by atoms with van der Waals surface area (Å²) in [6, 6.07) is 0. The predicted molar refractivity (Wildman–Crippen MR) is 59.0 cm³/mol. The lowest BCUT2D eigenvalue weighted by Gasteiger charge is -2.42. The Hall–Kier alpha value is -0.710. The van der Waals surface area contributed by atoms with Crippen LogP contribution < -0.4 is 0 Å². The van der Waals surface area contributed by atoms with Gasteiger partial charge in [-0.25, -0.2) is 4.79 Å². The second-order valence-electron chi connectivity index (χ2n) is 6.70. The fourth-order valence-corrected chi connectivity index (χ4v) is 4.57. The van der Waals surface area contributed by atoms with Gasteiger partial charge >= 0.3 is 11.9 Å². The van der Waals surface area contributed by atoms with Crippen molar-refractivity contribution >= 4 is 5.97 Å². The van der Waals surface area contributed by atoms with Gasteiger partial charge in [0.2, 0.25) is 0 Å². The first-order chi connectivity index (χ1) is 8.22. The molecule has 4 fully saturated rings. The van der Waals surface area contributed by atoms with Crippen molar-refractivity contribution in [2.45, 2.75) is 50.6 Å². The van der Waals surface area contributed by atoms with Crippen LogP contribution in [-0.4, -0.2) is 29.2 Å². The molecule has 0 spiro atoms. The van der Waals surface area contributed by atoms with Gasteiger partial charge in [0, 0.05) is 12.3 Å². The molecule has 4 aliphatic rings. The predicted octanol–water partition coefficient (Wildman–Crippen LogP) is 2.13. The Morgan fingerprint density at radius 2 is 1.89 bits per heavy atom. The maximum Gasteiger partial charge on any atom is 0.376 e. The lowest BCUT2D eigenvalue weighted by molar-refractivity contribution is -0.176. The van der Waals surface area contributed by atoms with E-state index in [9.17, 15) is 18.7 Å². The van der Waals surface area contributed by atoms with Crippen molar-refractivity contribution in [3.8, 4) is 0 Å². The molecule has 4 aliphatic carbocycles. The number of esters is 1. The second kappa shape index (κ2) is 3.44. The lowest BCUT2D eigenvalue weighted by Crippen LogP contribution is -2.44. The molecule has 2 unspecified atom stereocenters. The Morgan fingerprint density at radius 1 is 1.33 bits per heavy atom. The van der Waals surface area contributed by atoms with Gasteiger partial charge in [0.15, 0.2) is 0 Å². The first-order valence-electron chi connectivity index (χ1n) is 6.49. The van der Waals surface area contributed by atoms with Crippen LogP contribution in [0, 0.1) is 17.3 Å². The number of alkyl halides is 2. The number of hydrogen-bond donors (Lipinski definition) is 1. The normalized spacial score (nSPS) is 45.6. The topological polar surface area (TPSA) is 46.5 Å². The molecule has 0 aliphatic heterocycles. The first kappa shape index (κ1) is 12.3. The number of halogens is 2. The summed E-state index contributed by atoms with van der Waals surface area (Å²) in [6.07, 6.45) is 4.06. The number of rotatable bonds is 3. The van der Waals surface area contributed by atoms with E-state index in [-0.39, 0.29) is 12.0 Å². The fraction of sp³-hybridized carbons (Fsp3) is 0.923. The van der Waals surface area contributed by atoms with Gasteiger partial charge in [-0.2, -0.15) is 8.78 Å². The van der Waals surface area contributed by atoms with Crippen molar-refractivity contribution in [2.24, 2.45) is 17.3 Å². The van der Waals surface area contributed by atoms with E-state index in [0.29, 0.717) is 25.2 Å². The zero-order valence-corrected chi connectivity index (χ0v) is 10.4. The maximum absolute atomic E-state index is 12.7. The highest BCUT2D eigenvalue weighted by Crippen LogP contribution is 2.65. The third kappa shape index (κ3) is 1.83. The van der Waals surface area contributed by atoms with E-state index in [1.54, 1.807) is 0 Å². The Morgan fingerprint density at radius 3 is 2.33 bits per heavy atom. The highest BCUT2D eigenvalue weighted by molar-refractivity contribution is 5.76. The van der Waals surface area contributed by atoms with Crippen molar-refractivity contribution in [3.63, 3.8) is 0 Å². The van der Waals surface area contributed by atoms with Crippen molar-refractivity contribution in [1.29, 1.82) is 0 Å². The molecule has 0 heterocycles. The Balaban J connectivity index is 1.66. The van der Waals surface area contributed by atoms with E-state index in [2.05, 4.69) is 0 Å². The molecule has 0 radical (unpaired) electrons. The Kier molecular flexibility index (Phi) is 2.35. The SMILES string of the molecule is CC(F)(F)C(=O)OCC12CC3CC(O)(CC3C1)C2. The quantitative estimate of drug-likeness (QED) is 0.791. The fourth-order valence-electron chi connectivity index (χ4n) is 4.57. The number of carbonyl (C=O) groups is 1. The monoisotopic (exact) mass is 260 g/mol. The lowest BCUT2D eigenvalue weighted by atomic mass is 9.68. The molecule has 102 valence electrons. The van der Waals surface area contributed by atoms with E-state index in [4.69, 9.17) is 4.74 Å². The highest BCUT2D eigenvalue weighted by atomic mass is 19.3. The molecule has 4 rings (SSSR count). The molecule has 0 aromatic rings. The second-order valence-corrected chi connectivity index (χ2v) is 6.70. The van der Waals surface area contributed by atoms with Crippen LogP contribution in [-0.2, 0) is 9.53 Å². The summed E-state index contributed by atoms with van der Waals surface area (Å²) >= 11 is 0. The maximum atomic E-state index is 12.7. The van der Waals surface area contributed by atoms with Gasteiger partial charge in [-0.1, -0.05) is 0 Å². The minimum absolute atomic E-state index is 0.0323. The van der Waals surface area contributed by atoms with Crippen LogP contribution in [0.25, 0.3) is 0 Å². The molecule has 0 aromatic carbocycles. The largest absolute Gasteiger partial charge is 0.461 e. The van der Waals surface area contributed by atoms with Crippen LogP contribution in [0.5, 0.6) is 0 Å². The summed E-state index contributed by atoms with van der Waals surface area (Å²) in [4.78, 5) is 11.1. The molecule has 4 saturated carbocycles. The van der Waals surface area contributed by atoms with Gasteiger partial charge < -0.3 is 9.84 Å². The first-order valence-corrected chi connectivity index (χ1v) is 6.49. The van der Waals surface area contributed by atoms with Crippen LogP contribution in [0.4, 0.5) is 8.78 Å². The summed E-state index contributed by atoms with van der Waals surface area (Å²) in [5, 5.41) is 10.3. The number of carbonyl (C=O) groups excluding carboxylic acids is 1. The highest BCUT2D eigenvalue weighted by Gasteiger charge is 2.62. The molecule has 0 aromatic heterocycles. The van der Waals surface area contributed by atoms with E-state index < -0.39 is 17.5 Å². The van der Waals surface area contributed by atoms with Crippen LogP contribution in [0.2, 0.25) is 0 Å². The van der Waals surface area contributed by atoms with Crippen LogP contribution >= 0.6 is 0 Å². The molecule has 4 bridgehead atoms. The van der Waals surface area contributed by atoms with Gasteiger partial charge in [-0.05, 0) is 43.9 Å². The average Bonchev–Trinajstić information content (AvgIpc) is 2.58. The van der Waals surface area contributed by atoms with Crippen molar-refractivity contribution < 1.29 is 23.4 Å². The molecule has 0 amide bonds. The summed E-state index contributed by atoms with van der Waals surface area (Å²) in [5.41, 5.74) is -0.880. The Labute approximate surface area is 105 Å². The number of ether oxygens (including phenoxy) is 1. The minimum atomic E-state index is -3.43. The number of hydrogen-bond acceptors (Lipinski definition) is 3. The summed E-state index contributed by atoms with van der Waals surface area (Å²) in [7, 11) is 0. The molecule has 5 heteroatoms. The summed E-state index contributed by atoms with van der Waals surface area (Å²) in [5.74, 6) is -3.90. The van der Waals surface area contributed by atoms with Crippen LogP contribution in [0.15, 0.2) is 0 Å². The van der Waals surface area contributed by atoms with Crippen molar-refractivity contribution in [3.05, 3.63) is 0 Å². The summed E-state index contributed by atoms with van der Waals surface area (Å²) < 4.78 is 30.3. The minimum Gasteiger partial charge on any atom is -0.461 e. The van der Waals surface area contributed by atoms with E-state index >= 15 is 0 Å². The molecule has 18 heavy (non-hydrogen) atoms. The van der Waals surface area contributed by atoms with Crippen molar-refractivity contribution in [1.82, 2.24) is 0 Å². The summed E-state index contributed by atoms with van der Waals surface area (Å²) in [6.45, 7) is 0.584. The van der Waals surface area contributed by atoms with Crippen molar-refractivity contribution in [2.75, 3.05) is 6.61 Å². The van der Waals surface area contributed by atoms with Crippen LogP contribution in [0.3, 0.4) is 0 Å².